The summed E-state index contributed by atoms with van der Waals surface area (Å²) in [4.78, 5) is 12.6. The molecule has 0 spiro atoms. The summed E-state index contributed by atoms with van der Waals surface area (Å²) >= 11 is 0. The van der Waals surface area contributed by atoms with Crippen molar-refractivity contribution < 1.29 is 9.66 Å². The minimum Gasteiger partial charge on any atom is -0.398 e. The number of nitrogen functional groups attached to an aromatic ring is 1. The third-order valence-electron chi connectivity index (χ3n) is 3.60. The van der Waals surface area contributed by atoms with Crippen molar-refractivity contribution >= 4 is 11.4 Å². The first-order valence-electron chi connectivity index (χ1n) is 6.38. The van der Waals surface area contributed by atoms with Gasteiger partial charge in [-0.25, -0.2) is 0 Å². The van der Waals surface area contributed by atoms with Crippen LogP contribution in [0.25, 0.3) is 0 Å². The van der Waals surface area contributed by atoms with Crippen LogP contribution in [0.5, 0.6) is 0 Å². The van der Waals surface area contributed by atoms with E-state index in [4.69, 9.17) is 10.5 Å². The molecule has 0 aromatic heterocycles. The standard InChI is InChI=1S/C13H19N3O3/c1-19-12-4-6-15(7-5-12)9-10-8-11(16(17)18)2-3-13(10)14/h2-3,8,12H,4-7,9,14H2,1H3. The fourth-order valence-corrected chi connectivity index (χ4v) is 2.39. The van der Waals surface area contributed by atoms with Gasteiger partial charge in [0.05, 0.1) is 11.0 Å². The van der Waals surface area contributed by atoms with Gasteiger partial charge in [0.1, 0.15) is 0 Å². The Morgan fingerprint density at radius 2 is 2.16 bits per heavy atom. The lowest BCUT2D eigenvalue weighted by atomic mass is 10.1. The molecule has 0 unspecified atom stereocenters. The molecular weight excluding hydrogens is 246 g/mol. The van der Waals surface area contributed by atoms with Gasteiger partial charge in [0, 0.05) is 44.6 Å². The van der Waals surface area contributed by atoms with Gasteiger partial charge in [0.15, 0.2) is 0 Å². The molecule has 0 radical (unpaired) electrons. The fourth-order valence-electron chi connectivity index (χ4n) is 2.39. The number of benzene rings is 1. The summed E-state index contributed by atoms with van der Waals surface area (Å²) in [5, 5.41) is 10.8. The highest BCUT2D eigenvalue weighted by Crippen LogP contribution is 2.23. The Morgan fingerprint density at radius 1 is 1.47 bits per heavy atom. The van der Waals surface area contributed by atoms with Crippen molar-refractivity contribution in [2.75, 3.05) is 25.9 Å². The van der Waals surface area contributed by atoms with Gasteiger partial charge in [-0.2, -0.15) is 0 Å². The number of nitrogens with zero attached hydrogens (tertiary/aromatic N) is 2. The summed E-state index contributed by atoms with van der Waals surface area (Å²) in [6.45, 7) is 2.52. The van der Waals surface area contributed by atoms with E-state index in [0.29, 0.717) is 18.3 Å². The van der Waals surface area contributed by atoms with Crippen LogP contribution in [0.4, 0.5) is 11.4 Å². The zero-order valence-corrected chi connectivity index (χ0v) is 11.0. The number of hydrogen-bond acceptors (Lipinski definition) is 5. The second-order valence-corrected chi connectivity index (χ2v) is 4.85. The smallest absolute Gasteiger partial charge is 0.269 e. The van der Waals surface area contributed by atoms with Crippen LogP contribution >= 0.6 is 0 Å². The van der Waals surface area contributed by atoms with Crippen LogP contribution < -0.4 is 5.73 Å². The van der Waals surface area contributed by atoms with Gasteiger partial charge in [-0.15, -0.1) is 0 Å². The maximum absolute atomic E-state index is 10.8. The van der Waals surface area contributed by atoms with E-state index in [-0.39, 0.29) is 10.6 Å². The number of nitro benzene ring substituents is 1. The van der Waals surface area contributed by atoms with Crippen LogP contribution in [0.15, 0.2) is 18.2 Å². The summed E-state index contributed by atoms with van der Waals surface area (Å²) in [5.74, 6) is 0. The molecule has 1 heterocycles. The van der Waals surface area contributed by atoms with E-state index >= 15 is 0 Å². The number of methoxy groups -OCH3 is 1. The molecular formula is C13H19N3O3. The third kappa shape index (κ3) is 3.42. The molecule has 19 heavy (non-hydrogen) atoms. The number of non-ortho nitro benzene ring substituents is 1. The van der Waals surface area contributed by atoms with Crippen molar-refractivity contribution in [1.29, 1.82) is 0 Å². The maximum atomic E-state index is 10.8. The van der Waals surface area contributed by atoms with Gasteiger partial charge in [-0.3, -0.25) is 15.0 Å². The minimum absolute atomic E-state index is 0.0935. The average molecular weight is 265 g/mol. The molecule has 1 aliphatic heterocycles. The molecule has 0 bridgehead atoms. The monoisotopic (exact) mass is 265 g/mol. The zero-order chi connectivity index (χ0) is 13.8. The quantitative estimate of drug-likeness (QED) is 0.510. The van der Waals surface area contributed by atoms with E-state index in [2.05, 4.69) is 4.90 Å². The highest BCUT2D eigenvalue weighted by atomic mass is 16.6. The SMILES string of the molecule is COC1CCN(Cc2cc([N+](=O)[O-])ccc2N)CC1. The molecule has 0 atom stereocenters. The number of hydrogen-bond donors (Lipinski definition) is 1. The predicted molar refractivity (Wildman–Crippen MR) is 72.8 cm³/mol. The molecule has 1 aromatic rings. The number of rotatable bonds is 4. The second kappa shape index (κ2) is 5.99. The lowest BCUT2D eigenvalue weighted by molar-refractivity contribution is -0.384. The van der Waals surface area contributed by atoms with Gasteiger partial charge in [0.25, 0.3) is 5.69 Å². The molecule has 0 amide bonds. The molecule has 1 aromatic carbocycles. The summed E-state index contributed by atoms with van der Waals surface area (Å²) in [7, 11) is 1.73. The van der Waals surface area contributed by atoms with Crippen LogP contribution in [0.2, 0.25) is 0 Å². The molecule has 1 aliphatic rings. The molecule has 0 saturated carbocycles. The normalized spacial score (nSPS) is 17.5. The second-order valence-electron chi connectivity index (χ2n) is 4.85. The Bertz CT molecular complexity index is 456. The van der Waals surface area contributed by atoms with E-state index < -0.39 is 0 Å². The van der Waals surface area contributed by atoms with Crippen LogP contribution in [0.3, 0.4) is 0 Å². The Labute approximate surface area is 112 Å². The molecule has 2 N–H and O–H groups in total. The largest absolute Gasteiger partial charge is 0.398 e. The van der Waals surface area contributed by atoms with Crippen molar-refractivity contribution in [3.05, 3.63) is 33.9 Å². The van der Waals surface area contributed by atoms with Crippen LogP contribution in [0, 0.1) is 10.1 Å². The van der Waals surface area contributed by atoms with Crippen molar-refractivity contribution in [2.45, 2.75) is 25.5 Å². The molecule has 0 aliphatic carbocycles. The van der Waals surface area contributed by atoms with Crippen molar-refractivity contribution in [1.82, 2.24) is 4.90 Å². The van der Waals surface area contributed by atoms with E-state index in [1.54, 1.807) is 19.2 Å². The molecule has 6 heteroatoms. The third-order valence-corrected chi connectivity index (χ3v) is 3.60. The summed E-state index contributed by atoms with van der Waals surface area (Å²) < 4.78 is 5.32. The van der Waals surface area contributed by atoms with E-state index in [1.165, 1.54) is 6.07 Å². The highest BCUT2D eigenvalue weighted by Gasteiger charge is 2.20. The molecule has 6 nitrogen and oxygen atoms in total. The van der Waals surface area contributed by atoms with Gasteiger partial charge in [-0.05, 0) is 24.5 Å². The molecule has 104 valence electrons. The number of anilines is 1. The maximum Gasteiger partial charge on any atom is 0.269 e. The van der Waals surface area contributed by atoms with Crippen molar-refractivity contribution in [3.63, 3.8) is 0 Å². The number of piperidine rings is 1. The first kappa shape index (κ1) is 13.8. The molecule has 1 saturated heterocycles. The van der Waals surface area contributed by atoms with E-state index in [0.717, 1.165) is 31.5 Å². The van der Waals surface area contributed by atoms with Crippen molar-refractivity contribution in [3.8, 4) is 0 Å². The van der Waals surface area contributed by atoms with Gasteiger partial charge >= 0.3 is 0 Å². The first-order chi connectivity index (χ1) is 9.10. The minimum atomic E-state index is -0.389. The summed E-state index contributed by atoms with van der Waals surface area (Å²) in [5.41, 5.74) is 7.41. The number of nitrogens with two attached hydrogens (primary N) is 1. The van der Waals surface area contributed by atoms with Crippen LogP contribution in [0.1, 0.15) is 18.4 Å². The highest BCUT2D eigenvalue weighted by molar-refractivity contribution is 5.52. The lowest BCUT2D eigenvalue weighted by Crippen LogP contribution is -2.36. The number of likely N-dealkylation sites (tertiary alicyclic amines) is 1. The number of nitro groups is 1. The number of ether oxygens (including phenoxy) is 1. The van der Waals surface area contributed by atoms with Gasteiger partial charge in [-0.1, -0.05) is 0 Å². The Kier molecular flexibility index (Phi) is 4.34. The predicted octanol–water partition coefficient (Wildman–Crippen LogP) is 1.79. The van der Waals surface area contributed by atoms with Crippen LogP contribution in [-0.2, 0) is 11.3 Å². The fraction of sp³-hybridized carbons (Fsp3) is 0.538. The Morgan fingerprint density at radius 3 is 2.74 bits per heavy atom. The molecule has 2 rings (SSSR count). The summed E-state index contributed by atoms with van der Waals surface area (Å²) in [6, 6.07) is 4.61. The topological polar surface area (TPSA) is 81.6 Å². The zero-order valence-electron chi connectivity index (χ0n) is 11.0. The van der Waals surface area contributed by atoms with Crippen molar-refractivity contribution in [2.24, 2.45) is 0 Å². The lowest BCUT2D eigenvalue weighted by Gasteiger charge is -2.31. The summed E-state index contributed by atoms with van der Waals surface area (Å²) in [6.07, 6.45) is 2.31. The average Bonchev–Trinajstić information content (AvgIpc) is 2.42. The molecule has 1 fully saturated rings. The van der Waals surface area contributed by atoms with Gasteiger partial charge < -0.3 is 10.5 Å². The van der Waals surface area contributed by atoms with E-state index in [9.17, 15) is 10.1 Å². The van der Waals surface area contributed by atoms with E-state index in [1.807, 2.05) is 0 Å². The Balaban J connectivity index is 2.03. The first-order valence-corrected chi connectivity index (χ1v) is 6.38. The van der Waals surface area contributed by atoms with Crippen LogP contribution in [-0.4, -0.2) is 36.1 Å². The Hall–Kier alpha value is -1.66. The van der Waals surface area contributed by atoms with Gasteiger partial charge in [0.2, 0.25) is 0 Å².